The normalized spacial score (nSPS) is 11.4. The Morgan fingerprint density at radius 2 is 2.11 bits per heavy atom. The van der Waals surface area contributed by atoms with Crippen molar-refractivity contribution in [2.75, 3.05) is 19.7 Å². The fourth-order valence-corrected chi connectivity index (χ4v) is 1.86. The van der Waals surface area contributed by atoms with E-state index in [-0.39, 0.29) is 23.7 Å². The molecule has 1 aromatic rings. The molecule has 1 rings (SSSR count). The molecule has 1 N–H and O–H groups in total. The van der Waals surface area contributed by atoms with Crippen molar-refractivity contribution in [3.63, 3.8) is 0 Å². The van der Waals surface area contributed by atoms with Crippen LogP contribution in [0.3, 0.4) is 0 Å². The minimum Gasteiger partial charge on any atom is -0.465 e. The average Bonchev–Trinajstić information content (AvgIpc) is 2.32. The van der Waals surface area contributed by atoms with Gasteiger partial charge in [-0.25, -0.2) is 4.39 Å². The molecule has 106 valence electrons. The average molecular weight is 267 g/mol. The highest BCUT2D eigenvalue weighted by molar-refractivity contribution is 5.71. The maximum atomic E-state index is 13.3. The summed E-state index contributed by atoms with van der Waals surface area (Å²) in [5.74, 6) is -0.451. The number of ether oxygens (including phenoxy) is 1. The van der Waals surface area contributed by atoms with E-state index < -0.39 is 0 Å². The summed E-state index contributed by atoms with van der Waals surface area (Å²) < 4.78 is 18.1. The third kappa shape index (κ3) is 4.63. The molecular formula is C15H22FNO2. The molecule has 0 unspecified atom stereocenters. The van der Waals surface area contributed by atoms with Crippen LogP contribution in [0.2, 0.25) is 0 Å². The van der Waals surface area contributed by atoms with Crippen LogP contribution in [0, 0.1) is 12.7 Å². The van der Waals surface area contributed by atoms with Gasteiger partial charge in [-0.1, -0.05) is 26.0 Å². The van der Waals surface area contributed by atoms with Gasteiger partial charge in [0.2, 0.25) is 0 Å². The highest BCUT2D eigenvalue weighted by Gasteiger charge is 2.21. The first-order chi connectivity index (χ1) is 8.86. The van der Waals surface area contributed by atoms with E-state index in [0.717, 1.165) is 5.56 Å². The van der Waals surface area contributed by atoms with Crippen LogP contribution in [-0.4, -0.2) is 25.7 Å². The number of aryl methyl sites for hydroxylation is 1. The molecule has 0 amide bonds. The van der Waals surface area contributed by atoms with E-state index in [4.69, 9.17) is 4.74 Å². The number of halogens is 1. The molecule has 0 saturated carbocycles. The zero-order chi connectivity index (χ0) is 14.5. The Labute approximate surface area is 114 Å². The van der Waals surface area contributed by atoms with Crippen LogP contribution in [0.5, 0.6) is 0 Å². The molecular weight excluding hydrogens is 245 g/mol. The summed E-state index contributed by atoms with van der Waals surface area (Å²) in [5.41, 5.74) is 1.50. The van der Waals surface area contributed by atoms with Gasteiger partial charge in [0, 0.05) is 12.0 Å². The Kier molecular flexibility index (Phi) is 5.48. The monoisotopic (exact) mass is 267 g/mol. The number of carbonyl (C=O) groups excluding carboxylic acids is 1. The number of benzene rings is 1. The zero-order valence-electron chi connectivity index (χ0n) is 12.0. The van der Waals surface area contributed by atoms with E-state index >= 15 is 0 Å². The summed E-state index contributed by atoms with van der Waals surface area (Å²) >= 11 is 0. The predicted octanol–water partition coefficient (Wildman–Crippen LogP) is 2.56. The summed E-state index contributed by atoms with van der Waals surface area (Å²) in [7, 11) is 0. The number of carbonyl (C=O) groups is 1. The molecule has 0 atom stereocenters. The van der Waals surface area contributed by atoms with Gasteiger partial charge in [-0.3, -0.25) is 4.79 Å². The van der Waals surface area contributed by atoms with Crippen molar-refractivity contribution in [1.29, 1.82) is 0 Å². The largest absolute Gasteiger partial charge is 0.465 e. The lowest BCUT2D eigenvalue weighted by atomic mass is 9.84. The topological polar surface area (TPSA) is 38.3 Å². The Morgan fingerprint density at radius 3 is 2.68 bits per heavy atom. The molecule has 0 spiro atoms. The predicted molar refractivity (Wildman–Crippen MR) is 73.7 cm³/mol. The highest BCUT2D eigenvalue weighted by Crippen LogP contribution is 2.24. The van der Waals surface area contributed by atoms with E-state index in [1.165, 1.54) is 6.07 Å². The third-order valence-corrected chi connectivity index (χ3v) is 3.08. The molecule has 1 aromatic carbocycles. The van der Waals surface area contributed by atoms with Gasteiger partial charge in [0.1, 0.15) is 5.82 Å². The second kappa shape index (κ2) is 6.66. The van der Waals surface area contributed by atoms with Crippen molar-refractivity contribution in [2.45, 2.75) is 33.1 Å². The SMILES string of the molecule is CCOC(=O)CNCC(C)(C)c1ccc(F)c(C)c1. The second-order valence-corrected chi connectivity index (χ2v) is 5.26. The van der Waals surface area contributed by atoms with Gasteiger partial charge in [-0.2, -0.15) is 0 Å². The first kappa shape index (κ1) is 15.6. The molecule has 4 heteroatoms. The van der Waals surface area contributed by atoms with Crippen LogP contribution in [0.1, 0.15) is 31.9 Å². The molecule has 0 saturated heterocycles. The maximum Gasteiger partial charge on any atom is 0.319 e. The highest BCUT2D eigenvalue weighted by atomic mass is 19.1. The second-order valence-electron chi connectivity index (χ2n) is 5.26. The Morgan fingerprint density at radius 1 is 1.42 bits per heavy atom. The van der Waals surface area contributed by atoms with Crippen molar-refractivity contribution in [1.82, 2.24) is 5.32 Å². The molecule has 0 heterocycles. The van der Waals surface area contributed by atoms with E-state index in [9.17, 15) is 9.18 Å². The van der Waals surface area contributed by atoms with Gasteiger partial charge in [0.05, 0.1) is 13.2 Å². The summed E-state index contributed by atoms with van der Waals surface area (Å²) in [5, 5.41) is 3.07. The van der Waals surface area contributed by atoms with Crippen molar-refractivity contribution in [3.05, 3.63) is 35.1 Å². The molecule has 0 aliphatic carbocycles. The fourth-order valence-electron chi connectivity index (χ4n) is 1.86. The number of hydrogen-bond donors (Lipinski definition) is 1. The van der Waals surface area contributed by atoms with E-state index in [1.807, 2.05) is 6.07 Å². The van der Waals surface area contributed by atoms with Crippen molar-refractivity contribution in [2.24, 2.45) is 0 Å². The van der Waals surface area contributed by atoms with Crippen LogP contribution in [0.4, 0.5) is 4.39 Å². The first-order valence-electron chi connectivity index (χ1n) is 6.50. The third-order valence-electron chi connectivity index (χ3n) is 3.08. The molecule has 0 aliphatic rings. The van der Waals surface area contributed by atoms with Crippen LogP contribution in [0.25, 0.3) is 0 Å². The summed E-state index contributed by atoms with van der Waals surface area (Å²) in [6.45, 7) is 8.84. The van der Waals surface area contributed by atoms with Crippen LogP contribution in [0.15, 0.2) is 18.2 Å². The van der Waals surface area contributed by atoms with Crippen LogP contribution >= 0.6 is 0 Å². The Balaban J connectivity index is 2.60. The standard InChI is InChI=1S/C15H22FNO2/c1-5-19-14(18)9-17-10-15(3,4)12-6-7-13(16)11(2)8-12/h6-8,17H,5,9-10H2,1-4H3. The van der Waals surface area contributed by atoms with Crippen molar-refractivity contribution >= 4 is 5.97 Å². The van der Waals surface area contributed by atoms with Gasteiger partial charge in [0.25, 0.3) is 0 Å². The van der Waals surface area contributed by atoms with Gasteiger partial charge in [0.15, 0.2) is 0 Å². The van der Waals surface area contributed by atoms with Crippen molar-refractivity contribution < 1.29 is 13.9 Å². The molecule has 0 aliphatic heterocycles. The quantitative estimate of drug-likeness (QED) is 0.805. The minimum absolute atomic E-state index is 0.176. The number of nitrogens with one attached hydrogen (secondary N) is 1. The Hall–Kier alpha value is -1.42. The molecule has 0 aromatic heterocycles. The molecule has 0 bridgehead atoms. The molecule has 0 radical (unpaired) electrons. The lowest BCUT2D eigenvalue weighted by Gasteiger charge is -2.26. The smallest absolute Gasteiger partial charge is 0.319 e. The van der Waals surface area contributed by atoms with Gasteiger partial charge in [-0.15, -0.1) is 0 Å². The summed E-state index contributed by atoms with van der Waals surface area (Å²) in [6, 6.07) is 5.12. The lowest BCUT2D eigenvalue weighted by molar-refractivity contribution is -0.142. The number of rotatable bonds is 6. The molecule has 0 fully saturated rings. The Bertz CT molecular complexity index is 444. The van der Waals surface area contributed by atoms with E-state index in [2.05, 4.69) is 19.2 Å². The number of esters is 1. The van der Waals surface area contributed by atoms with Crippen molar-refractivity contribution in [3.8, 4) is 0 Å². The van der Waals surface area contributed by atoms with Gasteiger partial charge < -0.3 is 10.1 Å². The molecule has 3 nitrogen and oxygen atoms in total. The minimum atomic E-state index is -0.256. The fraction of sp³-hybridized carbons (Fsp3) is 0.533. The lowest BCUT2D eigenvalue weighted by Crippen LogP contribution is -2.36. The number of hydrogen-bond acceptors (Lipinski definition) is 3. The maximum absolute atomic E-state index is 13.3. The summed E-state index contributed by atoms with van der Waals surface area (Å²) in [4.78, 5) is 11.2. The summed E-state index contributed by atoms with van der Waals surface area (Å²) in [6.07, 6.45) is 0. The molecule has 19 heavy (non-hydrogen) atoms. The van der Waals surface area contributed by atoms with E-state index in [0.29, 0.717) is 18.7 Å². The van der Waals surface area contributed by atoms with Crippen LogP contribution in [-0.2, 0) is 14.9 Å². The van der Waals surface area contributed by atoms with E-state index in [1.54, 1.807) is 19.9 Å². The van der Waals surface area contributed by atoms with Crippen LogP contribution < -0.4 is 5.32 Å². The zero-order valence-corrected chi connectivity index (χ0v) is 12.0. The first-order valence-corrected chi connectivity index (χ1v) is 6.50. The van der Waals surface area contributed by atoms with Gasteiger partial charge in [-0.05, 0) is 31.0 Å². The van der Waals surface area contributed by atoms with Gasteiger partial charge >= 0.3 is 5.97 Å².